The van der Waals surface area contributed by atoms with E-state index in [1.807, 2.05) is 13.8 Å². The predicted octanol–water partition coefficient (Wildman–Crippen LogP) is 2.22. The highest BCUT2D eigenvalue weighted by Gasteiger charge is 2.35. The number of piperidine rings is 1. The van der Waals surface area contributed by atoms with E-state index >= 15 is 0 Å². The predicted molar refractivity (Wildman–Crippen MR) is 72.7 cm³/mol. The van der Waals surface area contributed by atoms with E-state index in [1.165, 1.54) is 0 Å². The molecule has 0 aliphatic carbocycles. The van der Waals surface area contributed by atoms with E-state index in [1.54, 1.807) is 28.6 Å². The lowest BCUT2D eigenvalue weighted by molar-refractivity contribution is 0.204. The molecule has 4 nitrogen and oxygen atoms in total. The molecule has 1 aliphatic rings. The van der Waals surface area contributed by atoms with E-state index < -0.39 is 10.0 Å². The van der Waals surface area contributed by atoms with Crippen LogP contribution in [0.15, 0.2) is 29.2 Å². The van der Waals surface area contributed by atoms with Crippen molar-refractivity contribution < 1.29 is 8.42 Å². The number of nitrogen functional groups attached to an aromatic ring is 1. The number of nitrogens with two attached hydrogens (primary N) is 1. The van der Waals surface area contributed by atoms with Crippen molar-refractivity contribution in [3.8, 4) is 0 Å². The molecule has 1 saturated heterocycles. The summed E-state index contributed by atoms with van der Waals surface area (Å²) in [6.07, 6.45) is 2.95. The Hall–Kier alpha value is -1.07. The van der Waals surface area contributed by atoms with Gasteiger partial charge in [0.15, 0.2) is 0 Å². The molecule has 18 heavy (non-hydrogen) atoms. The third-order valence-corrected chi connectivity index (χ3v) is 5.71. The molecule has 1 fully saturated rings. The van der Waals surface area contributed by atoms with Gasteiger partial charge < -0.3 is 5.73 Å². The van der Waals surface area contributed by atoms with E-state index in [2.05, 4.69) is 0 Å². The molecule has 0 saturated carbocycles. The van der Waals surface area contributed by atoms with Crippen molar-refractivity contribution in [1.29, 1.82) is 0 Å². The van der Waals surface area contributed by atoms with Gasteiger partial charge in [0.2, 0.25) is 10.0 Å². The van der Waals surface area contributed by atoms with Crippen LogP contribution >= 0.6 is 0 Å². The van der Waals surface area contributed by atoms with Crippen LogP contribution in [0.2, 0.25) is 0 Å². The first-order chi connectivity index (χ1) is 8.43. The summed E-state index contributed by atoms with van der Waals surface area (Å²) in [5.41, 5.74) is 6.17. The number of benzene rings is 1. The highest BCUT2D eigenvalue weighted by Crippen LogP contribution is 2.29. The second-order valence-electron chi connectivity index (χ2n) is 5.03. The van der Waals surface area contributed by atoms with Crippen LogP contribution in [0.5, 0.6) is 0 Å². The standard InChI is InChI=1S/C13H20N2O2S/c1-10-4-3-5-11(2)15(10)18(16,17)13-8-6-12(14)7-9-13/h6-11H,3-5,14H2,1-2H3/t10-,11-/m0/s1. The molecule has 0 spiro atoms. The lowest BCUT2D eigenvalue weighted by Gasteiger charge is -2.37. The van der Waals surface area contributed by atoms with Gasteiger partial charge in [0.25, 0.3) is 0 Å². The summed E-state index contributed by atoms with van der Waals surface area (Å²) in [4.78, 5) is 0.331. The Bertz CT molecular complexity index is 500. The normalized spacial score (nSPS) is 26.1. The van der Waals surface area contributed by atoms with Gasteiger partial charge in [-0.15, -0.1) is 0 Å². The first-order valence-corrected chi connectivity index (χ1v) is 7.76. The van der Waals surface area contributed by atoms with Gasteiger partial charge in [0.1, 0.15) is 0 Å². The Kier molecular flexibility index (Phi) is 3.64. The lowest BCUT2D eigenvalue weighted by atomic mass is 10.0. The largest absolute Gasteiger partial charge is 0.399 e. The Morgan fingerprint density at radius 2 is 1.61 bits per heavy atom. The Labute approximate surface area is 109 Å². The van der Waals surface area contributed by atoms with Crippen LogP contribution in [0.4, 0.5) is 5.69 Å². The van der Waals surface area contributed by atoms with Crippen LogP contribution in [0.3, 0.4) is 0 Å². The van der Waals surface area contributed by atoms with Crippen molar-refractivity contribution >= 4 is 15.7 Å². The molecule has 1 heterocycles. The van der Waals surface area contributed by atoms with Gasteiger partial charge in [0.05, 0.1) is 4.90 Å². The molecular weight excluding hydrogens is 248 g/mol. The molecule has 100 valence electrons. The maximum Gasteiger partial charge on any atom is 0.243 e. The highest BCUT2D eigenvalue weighted by molar-refractivity contribution is 7.89. The Morgan fingerprint density at radius 1 is 1.11 bits per heavy atom. The summed E-state index contributed by atoms with van der Waals surface area (Å²) >= 11 is 0. The molecule has 2 atom stereocenters. The quantitative estimate of drug-likeness (QED) is 0.836. The molecule has 1 aromatic carbocycles. The summed E-state index contributed by atoms with van der Waals surface area (Å²) in [5.74, 6) is 0. The second-order valence-corrected chi connectivity index (χ2v) is 6.88. The molecule has 2 rings (SSSR count). The zero-order valence-corrected chi connectivity index (χ0v) is 11.7. The SMILES string of the molecule is C[C@H]1CCC[C@H](C)N1S(=O)(=O)c1ccc(N)cc1. The fourth-order valence-corrected chi connectivity index (χ4v) is 4.51. The van der Waals surface area contributed by atoms with Gasteiger partial charge in [-0.05, 0) is 51.0 Å². The minimum Gasteiger partial charge on any atom is -0.399 e. The first kappa shape index (κ1) is 13.4. The second kappa shape index (κ2) is 4.90. The fourth-order valence-electron chi connectivity index (χ4n) is 2.63. The minimum atomic E-state index is -3.40. The van der Waals surface area contributed by atoms with Gasteiger partial charge in [-0.3, -0.25) is 0 Å². The average Bonchev–Trinajstić information content (AvgIpc) is 2.29. The lowest BCUT2D eigenvalue weighted by Crippen LogP contribution is -2.47. The smallest absolute Gasteiger partial charge is 0.243 e. The minimum absolute atomic E-state index is 0.0660. The number of rotatable bonds is 2. The highest BCUT2D eigenvalue weighted by atomic mass is 32.2. The van der Waals surface area contributed by atoms with Gasteiger partial charge in [-0.2, -0.15) is 4.31 Å². The van der Waals surface area contributed by atoms with Crippen molar-refractivity contribution in [1.82, 2.24) is 4.31 Å². The summed E-state index contributed by atoms with van der Waals surface area (Å²) in [7, 11) is -3.40. The average molecular weight is 268 g/mol. The van der Waals surface area contributed by atoms with Gasteiger partial charge in [0, 0.05) is 17.8 Å². The Balaban J connectivity index is 2.38. The topological polar surface area (TPSA) is 63.4 Å². The van der Waals surface area contributed by atoms with Crippen LogP contribution in [-0.2, 0) is 10.0 Å². The molecule has 2 N–H and O–H groups in total. The third kappa shape index (κ3) is 2.37. The maximum absolute atomic E-state index is 12.6. The summed E-state index contributed by atoms with van der Waals surface area (Å²) in [6.45, 7) is 3.95. The van der Waals surface area contributed by atoms with Crippen LogP contribution < -0.4 is 5.73 Å². The molecule has 0 bridgehead atoms. The zero-order valence-electron chi connectivity index (χ0n) is 10.8. The van der Waals surface area contributed by atoms with Gasteiger partial charge in [-0.25, -0.2) is 8.42 Å². The van der Waals surface area contributed by atoms with Crippen molar-refractivity contribution in [2.75, 3.05) is 5.73 Å². The van der Waals surface area contributed by atoms with E-state index in [4.69, 9.17) is 5.73 Å². The molecule has 0 radical (unpaired) electrons. The van der Waals surface area contributed by atoms with Crippen LogP contribution in [-0.4, -0.2) is 24.8 Å². The molecule has 1 aliphatic heterocycles. The number of hydrogen-bond donors (Lipinski definition) is 1. The van der Waals surface area contributed by atoms with Crippen LogP contribution in [0, 0.1) is 0 Å². The van der Waals surface area contributed by atoms with E-state index in [0.29, 0.717) is 10.6 Å². The molecule has 1 aromatic rings. The Morgan fingerprint density at radius 3 is 2.11 bits per heavy atom. The number of anilines is 1. The molecule has 0 aromatic heterocycles. The molecule has 5 heteroatoms. The monoisotopic (exact) mass is 268 g/mol. The van der Waals surface area contributed by atoms with E-state index in [9.17, 15) is 8.42 Å². The fraction of sp³-hybridized carbons (Fsp3) is 0.538. The van der Waals surface area contributed by atoms with E-state index in [0.717, 1.165) is 19.3 Å². The molecule has 0 amide bonds. The van der Waals surface area contributed by atoms with Crippen molar-refractivity contribution in [2.24, 2.45) is 0 Å². The number of nitrogens with zero attached hydrogens (tertiary/aromatic N) is 1. The first-order valence-electron chi connectivity index (χ1n) is 6.32. The zero-order chi connectivity index (χ0) is 13.3. The summed E-state index contributed by atoms with van der Waals surface area (Å²) in [6, 6.07) is 6.56. The number of sulfonamides is 1. The summed E-state index contributed by atoms with van der Waals surface area (Å²) in [5, 5.41) is 0. The number of hydrogen-bond acceptors (Lipinski definition) is 3. The van der Waals surface area contributed by atoms with Crippen LogP contribution in [0.1, 0.15) is 33.1 Å². The van der Waals surface area contributed by atoms with Crippen molar-refractivity contribution in [2.45, 2.75) is 50.1 Å². The summed E-state index contributed by atoms with van der Waals surface area (Å²) < 4.78 is 26.8. The van der Waals surface area contributed by atoms with Gasteiger partial charge >= 0.3 is 0 Å². The van der Waals surface area contributed by atoms with Crippen LogP contribution in [0.25, 0.3) is 0 Å². The van der Waals surface area contributed by atoms with Gasteiger partial charge in [-0.1, -0.05) is 6.42 Å². The third-order valence-electron chi connectivity index (χ3n) is 3.57. The van der Waals surface area contributed by atoms with Crippen molar-refractivity contribution in [3.05, 3.63) is 24.3 Å². The van der Waals surface area contributed by atoms with E-state index in [-0.39, 0.29) is 12.1 Å². The van der Waals surface area contributed by atoms with Crippen molar-refractivity contribution in [3.63, 3.8) is 0 Å². The maximum atomic E-state index is 12.6. The molecular formula is C13H20N2O2S. The molecule has 0 unspecified atom stereocenters.